The Hall–Kier alpha value is -0.280. The molecule has 1 saturated heterocycles. The summed E-state index contributed by atoms with van der Waals surface area (Å²) in [6.45, 7) is 5.32. The molecular formula is C14H27ClN2O. The van der Waals surface area contributed by atoms with Crippen LogP contribution in [0.4, 0.5) is 0 Å². The highest BCUT2D eigenvalue weighted by Crippen LogP contribution is 2.30. The summed E-state index contributed by atoms with van der Waals surface area (Å²) in [5.41, 5.74) is 0. The molecule has 0 spiro atoms. The quantitative estimate of drug-likeness (QED) is 0.826. The van der Waals surface area contributed by atoms with Crippen LogP contribution >= 0.6 is 12.4 Å². The van der Waals surface area contributed by atoms with Crippen LogP contribution < -0.4 is 10.6 Å². The summed E-state index contributed by atoms with van der Waals surface area (Å²) in [5.74, 6) is 2.14. The predicted molar refractivity (Wildman–Crippen MR) is 77.0 cm³/mol. The number of carbonyl (C=O) groups excluding carboxylic acids is 1. The van der Waals surface area contributed by atoms with E-state index in [0.29, 0.717) is 17.7 Å². The van der Waals surface area contributed by atoms with Gasteiger partial charge in [0.2, 0.25) is 5.91 Å². The maximum Gasteiger partial charge on any atom is 0.223 e. The molecule has 0 radical (unpaired) electrons. The summed E-state index contributed by atoms with van der Waals surface area (Å²) in [6.07, 6.45) is 7.20. The summed E-state index contributed by atoms with van der Waals surface area (Å²) in [6, 6.07) is 0. The standard InChI is InChI=1S/C14H26N2O.ClH/c1-2-11-3-5-13(6-4-11)14(17)16-10-12-7-8-15-9-12;/h11-13,15H,2-10H2,1H3,(H,16,17);1H. The van der Waals surface area contributed by atoms with E-state index in [4.69, 9.17) is 0 Å². The highest BCUT2D eigenvalue weighted by molar-refractivity contribution is 5.85. The molecule has 1 aliphatic carbocycles. The highest BCUT2D eigenvalue weighted by Gasteiger charge is 2.26. The van der Waals surface area contributed by atoms with E-state index in [-0.39, 0.29) is 12.4 Å². The molecule has 1 saturated carbocycles. The van der Waals surface area contributed by atoms with Gasteiger partial charge in [-0.05, 0) is 57.0 Å². The molecule has 2 rings (SSSR count). The topological polar surface area (TPSA) is 41.1 Å². The fourth-order valence-corrected chi connectivity index (χ4v) is 3.11. The van der Waals surface area contributed by atoms with Crippen LogP contribution in [0.5, 0.6) is 0 Å². The molecule has 1 unspecified atom stereocenters. The zero-order chi connectivity index (χ0) is 12.1. The molecule has 0 aromatic heterocycles. The van der Waals surface area contributed by atoms with E-state index in [1.54, 1.807) is 0 Å². The number of halogens is 1. The average molecular weight is 275 g/mol. The van der Waals surface area contributed by atoms with Gasteiger partial charge in [0, 0.05) is 12.5 Å². The third kappa shape index (κ3) is 4.43. The molecule has 0 aromatic rings. The average Bonchev–Trinajstić information content (AvgIpc) is 2.89. The Morgan fingerprint density at radius 2 is 1.89 bits per heavy atom. The van der Waals surface area contributed by atoms with Crippen LogP contribution in [0, 0.1) is 17.8 Å². The number of hydrogen-bond donors (Lipinski definition) is 2. The third-order valence-electron chi connectivity index (χ3n) is 4.52. The fraction of sp³-hybridized carbons (Fsp3) is 0.929. The van der Waals surface area contributed by atoms with Crippen molar-refractivity contribution >= 4 is 18.3 Å². The Morgan fingerprint density at radius 3 is 2.44 bits per heavy atom. The van der Waals surface area contributed by atoms with Crippen molar-refractivity contribution in [1.29, 1.82) is 0 Å². The molecule has 1 heterocycles. The van der Waals surface area contributed by atoms with Crippen molar-refractivity contribution in [1.82, 2.24) is 10.6 Å². The van der Waals surface area contributed by atoms with E-state index >= 15 is 0 Å². The molecule has 2 aliphatic rings. The van der Waals surface area contributed by atoms with Gasteiger partial charge in [0.15, 0.2) is 0 Å². The van der Waals surface area contributed by atoms with Crippen molar-refractivity contribution in [3.8, 4) is 0 Å². The molecule has 1 amide bonds. The molecule has 2 N–H and O–H groups in total. The molecule has 1 atom stereocenters. The minimum atomic E-state index is 0. The SMILES string of the molecule is CCC1CCC(C(=O)NCC2CCNC2)CC1.Cl. The lowest BCUT2D eigenvalue weighted by molar-refractivity contribution is -0.126. The number of carbonyl (C=O) groups is 1. The van der Waals surface area contributed by atoms with Crippen molar-refractivity contribution in [2.75, 3.05) is 19.6 Å². The maximum atomic E-state index is 12.0. The van der Waals surface area contributed by atoms with Crippen LogP contribution in [0.2, 0.25) is 0 Å². The van der Waals surface area contributed by atoms with Crippen molar-refractivity contribution < 1.29 is 4.79 Å². The molecule has 1 aliphatic heterocycles. The van der Waals surface area contributed by atoms with Crippen molar-refractivity contribution in [2.45, 2.75) is 45.4 Å². The van der Waals surface area contributed by atoms with Crippen LogP contribution in [0.25, 0.3) is 0 Å². The number of nitrogens with one attached hydrogen (secondary N) is 2. The monoisotopic (exact) mass is 274 g/mol. The van der Waals surface area contributed by atoms with Crippen molar-refractivity contribution in [2.24, 2.45) is 17.8 Å². The Bertz CT molecular complexity index is 246. The second-order valence-corrected chi connectivity index (χ2v) is 5.73. The van der Waals surface area contributed by atoms with E-state index in [0.717, 1.165) is 38.4 Å². The summed E-state index contributed by atoms with van der Waals surface area (Å²) >= 11 is 0. The van der Waals surface area contributed by atoms with E-state index < -0.39 is 0 Å². The summed E-state index contributed by atoms with van der Waals surface area (Å²) in [7, 11) is 0. The van der Waals surface area contributed by atoms with Crippen molar-refractivity contribution in [3.63, 3.8) is 0 Å². The van der Waals surface area contributed by atoms with E-state index in [1.165, 1.54) is 25.7 Å². The van der Waals surface area contributed by atoms with E-state index in [9.17, 15) is 4.79 Å². The van der Waals surface area contributed by atoms with Crippen LogP contribution in [0.3, 0.4) is 0 Å². The van der Waals surface area contributed by atoms with Gasteiger partial charge in [-0.15, -0.1) is 12.4 Å². The van der Waals surface area contributed by atoms with Gasteiger partial charge in [0.1, 0.15) is 0 Å². The summed E-state index contributed by atoms with van der Waals surface area (Å²) in [5, 5.41) is 6.49. The first-order valence-electron chi connectivity index (χ1n) is 7.28. The third-order valence-corrected chi connectivity index (χ3v) is 4.52. The maximum absolute atomic E-state index is 12.0. The van der Waals surface area contributed by atoms with Gasteiger partial charge in [0.05, 0.1) is 0 Å². The van der Waals surface area contributed by atoms with Gasteiger partial charge < -0.3 is 10.6 Å². The van der Waals surface area contributed by atoms with Gasteiger partial charge in [-0.3, -0.25) is 4.79 Å². The Morgan fingerprint density at radius 1 is 1.17 bits per heavy atom. The van der Waals surface area contributed by atoms with Crippen molar-refractivity contribution in [3.05, 3.63) is 0 Å². The number of rotatable bonds is 4. The molecule has 3 nitrogen and oxygen atoms in total. The van der Waals surface area contributed by atoms with Crippen LogP contribution in [-0.4, -0.2) is 25.5 Å². The summed E-state index contributed by atoms with van der Waals surface area (Å²) < 4.78 is 0. The number of hydrogen-bond acceptors (Lipinski definition) is 2. The Balaban J connectivity index is 0.00000162. The minimum absolute atomic E-state index is 0. The molecule has 0 aromatic carbocycles. The Kier molecular flexibility index (Phi) is 7.02. The molecule has 18 heavy (non-hydrogen) atoms. The number of amides is 1. The first-order chi connectivity index (χ1) is 8.29. The second kappa shape index (κ2) is 8.00. The van der Waals surface area contributed by atoms with E-state index in [1.807, 2.05) is 0 Å². The molecule has 106 valence electrons. The second-order valence-electron chi connectivity index (χ2n) is 5.73. The van der Waals surface area contributed by atoms with Gasteiger partial charge in [-0.1, -0.05) is 13.3 Å². The normalized spacial score (nSPS) is 31.7. The van der Waals surface area contributed by atoms with Crippen LogP contribution in [0.15, 0.2) is 0 Å². The molecule has 2 fully saturated rings. The summed E-state index contributed by atoms with van der Waals surface area (Å²) in [4.78, 5) is 12.0. The molecule has 0 bridgehead atoms. The predicted octanol–water partition coefficient (Wildman–Crippen LogP) is 2.35. The van der Waals surface area contributed by atoms with Gasteiger partial charge in [-0.25, -0.2) is 0 Å². The Labute approximate surface area is 117 Å². The minimum Gasteiger partial charge on any atom is -0.356 e. The smallest absolute Gasteiger partial charge is 0.223 e. The lowest BCUT2D eigenvalue weighted by Crippen LogP contribution is -2.36. The van der Waals surface area contributed by atoms with Gasteiger partial charge in [0.25, 0.3) is 0 Å². The zero-order valence-electron chi connectivity index (χ0n) is 11.4. The lowest BCUT2D eigenvalue weighted by atomic mass is 9.80. The first-order valence-corrected chi connectivity index (χ1v) is 7.28. The van der Waals surface area contributed by atoms with Crippen LogP contribution in [0.1, 0.15) is 45.4 Å². The van der Waals surface area contributed by atoms with E-state index in [2.05, 4.69) is 17.6 Å². The fourth-order valence-electron chi connectivity index (χ4n) is 3.11. The molecular weight excluding hydrogens is 248 g/mol. The van der Waals surface area contributed by atoms with Gasteiger partial charge in [-0.2, -0.15) is 0 Å². The van der Waals surface area contributed by atoms with Crippen LogP contribution in [-0.2, 0) is 4.79 Å². The molecule has 4 heteroatoms. The first kappa shape index (κ1) is 15.8. The lowest BCUT2D eigenvalue weighted by Gasteiger charge is -2.27. The highest BCUT2D eigenvalue weighted by atomic mass is 35.5. The van der Waals surface area contributed by atoms with Gasteiger partial charge >= 0.3 is 0 Å². The zero-order valence-corrected chi connectivity index (χ0v) is 12.2. The largest absolute Gasteiger partial charge is 0.356 e.